The lowest BCUT2D eigenvalue weighted by Crippen LogP contribution is -2.11. The lowest BCUT2D eigenvalue weighted by Gasteiger charge is -2.06. The van der Waals surface area contributed by atoms with Gasteiger partial charge in [-0.1, -0.05) is 27.7 Å². The largest absolute Gasteiger partial charge is 0.381 e. The maximum atomic E-state index is 11.5. The molecule has 18 heavy (non-hydrogen) atoms. The van der Waals surface area contributed by atoms with Gasteiger partial charge in [0.05, 0.1) is 6.61 Å². The number of carbonyl (C=O) groups is 2. The number of ether oxygens (including phenoxy) is 1. The van der Waals surface area contributed by atoms with Crippen molar-refractivity contribution in [2.75, 3.05) is 13.2 Å². The van der Waals surface area contributed by atoms with Crippen LogP contribution in [-0.2, 0) is 14.3 Å². The van der Waals surface area contributed by atoms with Gasteiger partial charge in [-0.15, -0.1) is 0 Å². The Morgan fingerprint density at radius 2 is 1.61 bits per heavy atom. The van der Waals surface area contributed by atoms with Crippen LogP contribution in [0.15, 0.2) is 0 Å². The van der Waals surface area contributed by atoms with Crippen LogP contribution >= 0.6 is 0 Å². The molecule has 0 aromatic heterocycles. The molecule has 0 aromatic carbocycles. The normalized spacial score (nSPS) is 11.2. The molecule has 0 aromatic rings. The van der Waals surface area contributed by atoms with Crippen LogP contribution in [-0.4, -0.2) is 24.8 Å². The van der Waals surface area contributed by atoms with Crippen molar-refractivity contribution >= 4 is 11.6 Å². The van der Waals surface area contributed by atoms with Gasteiger partial charge in [0, 0.05) is 31.8 Å². The Hall–Kier alpha value is -0.700. The van der Waals surface area contributed by atoms with E-state index in [-0.39, 0.29) is 11.7 Å². The van der Waals surface area contributed by atoms with E-state index in [2.05, 4.69) is 13.8 Å². The topological polar surface area (TPSA) is 43.4 Å². The molecule has 0 radical (unpaired) electrons. The predicted octanol–water partition coefficient (Wildman–Crippen LogP) is 3.40. The molecule has 0 atom stereocenters. The zero-order valence-electron chi connectivity index (χ0n) is 12.3. The molecular formula is C15H28O3. The fraction of sp³-hybridized carbons (Fsp3) is 0.867. The van der Waals surface area contributed by atoms with Gasteiger partial charge in [0.1, 0.15) is 11.6 Å². The molecule has 0 aliphatic heterocycles. The first-order chi connectivity index (χ1) is 8.43. The van der Waals surface area contributed by atoms with E-state index in [1.807, 2.05) is 13.8 Å². The van der Waals surface area contributed by atoms with Crippen LogP contribution in [0.5, 0.6) is 0 Å². The summed E-state index contributed by atoms with van der Waals surface area (Å²) in [5, 5.41) is 0. The van der Waals surface area contributed by atoms with Crippen LogP contribution < -0.4 is 0 Å². The number of carbonyl (C=O) groups excluding carboxylic acids is 2. The van der Waals surface area contributed by atoms with Crippen LogP contribution in [0.3, 0.4) is 0 Å². The first-order valence-electron chi connectivity index (χ1n) is 7.05. The Kier molecular flexibility index (Phi) is 9.85. The van der Waals surface area contributed by atoms with Crippen LogP contribution in [0.1, 0.15) is 59.8 Å². The van der Waals surface area contributed by atoms with E-state index in [0.29, 0.717) is 44.2 Å². The fourth-order valence-electron chi connectivity index (χ4n) is 1.51. The molecule has 0 aliphatic carbocycles. The minimum atomic E-state index is 0.0891. The van der Waals surface area contributed by atoms with Gasteiger partial charge in [-0.05, 0) is 18.8 Å². The predicted molar refractivity (Wildman–Crippen MR) is 73.6 cm³/mol. The van der Waals surface area contributed by atoms with Gasteiger partial charge < -0.3 is 4.74 Å². The van der Waals surface area contributed by atoms with Gasteiger partial charge in [-0.3, -0.25) is 9.59 Å². The van der Waals surface area contributed by atoms with Crippen molar-refractivity contribution in [2.24, 2.45) is 11.8 Å². The Labute approximate surface area is 111 Å². The first-order valence-corrected chi connectivity index (χ1v) is 7.05. The van der Waals surface area contributed by atoms with E-state index in [1.165, 1.54) is 0 Å². The smallest absolute Gasteiger partial charge is 0.137 e. The van der Waals surface area contributed by atoms with Crippen molar-refractivity contribution in [3.05, 3.63) is 0 Å². The van der Waals surface area contributed by atoms with E-state index < -0.39 is 0 Å². The second kappa shape index (κ2) is 10.2. The van der Waals surface area contributed by atoms with Crippen molar-refractivity contribution in [3.8, 4) is 0 Å². The van der Waals surface area contributed by atoms with Crippen molar-refractivity contribution in [3.63, 3.8) is 0 Å². The zero-order chi connectivity index (χ0) is 14.0. The molecular weight excluding hydrogens is 228 g/mol. The molecule has 0 N–H and O–H groups in total. The van der Waals surface area contributed by atoms with Gasteiger partial charge in [0.15, 0.2) is 0 Å². The highest BCUT2D eigenvalue weighted by molar-refractivity contribution is 5.80. The van der Waals surface area contributed by atoms with E-state index in [0.717, 1.165) is 12.8 Å². The Morgan fingerprint density at radius 3 is 2.17 bits per heavy atom. The average molecular weight is 256 g/mol. The monoisotopic (exact) mass is 256 g/mol. The molecule has 3 heteroatoms. The fourth-order valence-corrected chi connectivity index (χ4v) is 1.51. The maximum Gasteiger partial charge on any atom is 0.137 e. The summed E-state index contributed by atoms with van der Waals surface area (Å²) in [6, 6.07) is 0. The minimum Gasteiger partial charge on any atom is -0.381 e. The molecule has 3 nitrogen and oxygen atoms in total. The highest BCUT2D eigenvalue weighted by atomic mass is 16.5. The zero-order valence-corrected chi connectivity index (χ0v) is 12.3. The molecule has 0 fully saturated rings. The third-order valence-electron chi connectivity index (χ3n) is 2.88. The summed E-state index contributed by atoms with van der Waals surface area (Å²) >= 11 is 0. The third kappa shape index (κ3) is 10.5. The summed E-state index contributed by atoms with van der Waals surface area (Å²) in [6.07, 6.45) is 3.52. The van der Waals surface area contributed by atoms with E-state index in [9.17, 15) is 9.59 Å². The second-order valence-electron chi connectivity index (χ2n) is 5.56. The molecule has 0 rings (SSSR count). The number of hydrogen-bond acceptors (Lipinski definition) is 3. The summed E-state index contributed by atoms with van der Waals surface area (Å²) in [5.41, 5.74) is 0. The molecule has 0 heterocycles. The Balaban J connectivity index is 3.35. The lowest BCUT2D eigenvalue weighted by atomic mass is 10.0. The quantitative estimate of drug-likeness (QED) is 0.532. The number of Topliss-reactive ketones (excluding diaryl/α,β-unsaturated/α-hetero) is 2. The first kappa shape index (κ1) is 17.3. The van der Waals surface area contributed by atoms with Crippen LogP contribution in [0, 0.1) is 11.8 Å². The standard InChI is InChI=1S/C15H28O3/c1-12(2)7-8-14(16)6-5-10-18-11-9-15(17)13(3)4/h12-13H,5-11H2,1-4H3. The van der Waals surface area contributed by atoms with E-state index in [4.69, 9.17) is 4.74 Å². The molecule has 106 valence electrons. The highest BCUT2D eigenvalue weighted by Gasteiger charge is 2.07. The molecule has 0 spiro atoms. The van der Waals surface area contributed by atoms with Gasteiger partial charge in [0.2, 0.25) is 0 Å². The van der Waals surface area contributed by atoms with Crippen LogP contribution in [0.25, 0.3) is 0 Å². The molecule has 0 saturated carbocycles. The summed E-state index contributed by atoms with van der Waals surface area (Å²) in [4.78, 5) is 22.8. The third-order valence-corrected chi connectivity index (χ3v) is 2.88. The van der Waals surface area contributed by atoms with Crippen molar-refractivity contribution in [1.29, 1.82) is 0 Å². The highest BCUT2D eigenvalue weighted by Crippen LogP contribution is 2.07. The molecule has 0 aliphatic rings. The minimum absolute atomic E-state index is 0.0891. The van der Waals surface area contributed by atoms with Gasteiger partial charge in [-0.25, -0.2) is 0 Å². The maximum absolute atomic E-state index is 11.5. The Morgan fingerprint density at radius 1 is 0.944 bits per heavy atom. The number of hydrogen-bond donors (Lipinski definition) is 0. The lowest BCUT2D eigenvalue weighted by molar-refractivity contribution is -0.123. The Bertz CT molecular complexity index is 244. The van der Waals surface area contributed by atoms with Crippen LogP contribution in [0.4, 0.5) is 0 Å². The van der Waals surface area contributed by atoms with Gasteiger partial charge in [0.25, 0.3) is 0 Å². The number of rotatable bonds is 11. The molecule has 0 bridgehead atoms. The summed E-state index contributed by atoms with van der Waals surface area (Å²) in [5.74, 6) is 1.24. The molecule has 0 amide bonds. The van der Waals surface area contributed by atoms with E-state index >= 15 is 0 Å². The average Bonchev–Trinajstić information content (AvgIpc) is 2.30. The van der Waals surface area contributed by atoms with Crippen LogP contribution in [0.2, 0.25) is 0 Å². The van der Waals surface area contributed by atoms with Crippen molar-refractivity contribution in [1.82, 2.24) is 0 Å². The van der Waals surface area contributed by atoms with Crippen molar-refractivity contribution in [2.45, 2.75) is 59.8 Å². The summed E-state index contributed by atoms with van der Waals surface area (Å²) in [7, 11) is 0. The summed E-state index contributed by atoms with van der Waals surface area (Å²) < 4.78 is 5.36. The van der Waals surface area contributed by atoms with Crippen molar-refractivity contribution < 1.29 is 14.3 Å². The summed E-state index contributed by atoms with van der Waals surface area (Å²) in [6.45, 7) is 9.12. The molecule has 0 unspecified atom stereocenters. The molecule has 0 saturated heterocycles. The SMILES string of the molecule is CC(C)CCC(=O)CCCOCCC(=O)C(C)C. The number of ketones is 2. The van der Waals surface area contributed by atoms with Gasteiger partial charge in [-0.2, -0.15) is 0 Å². The second-order valence-corrected chi connectivity index (χ2v) is 5.56. The van der Waals surface area contributed by atoms with E-state index in [1.54, 1.807) is 0 Å². The van der Waals surface area contributed by atoms with Gasteiger partial charge >= 0.3 is 0 Å².